The molecule has 1 heterocycles. The minimum atomic E-state index is 1.12. The summed E-state index contributed by atoms with van der Waals surface area (Å²) in [6, 6.07) is 15.0. The van der Waals surface area contributed by atoms with Gasteiger partial charge in [0, 0.05) is 28.2 Å². The van der Waals surface area contributed by atoms with Gasteiger partial charge in [0.25, 0.3) is 0 Å². The quantitative estimate of drug-likeness (QED) is 0.436. The summed E-state index contributed by atoms with van der Waals surface area (Å²) >= 11 is 3.55. The van der Waals surface area contributed by atoms with Crippen molar-refractivity contribution in [3.63, 3.8) is 0 Å². The first-order chi connectivity index (χ1) is 8.18. The molecule has 2 heteroatoms. The van der Waals surface area contributed by atoms with E-state index in [0.717, 1.165) is 4.47 Å². The summed E-state index contributed by atoms with van der Waals surface area (Å²) in [4.78, 5) is 0. The highest BCUT2D eigenvalue weighted by Gasteiger charge is 2.14. The van der Waals surface area contributed by atoms with Gasteiger partial charge < -0.3 is 0 Å². The topological polar surface area (TPSA) is 3.88 Å². The van der Waals surface area contributed by atoms with Gasteiger partial charge in [-0.2, -0.15) is 4.57 Å². The number of aromatic nitrogens is 1. The summed E-state index contributed by atoms with van der Waals surface area (Å²) in [6.45, 7) is 2.17. The van der Waals surface area contributed by atoms with E-state index in [9.17, 15) is 0 Å². The smallest absolute Gasteiger partial charge is 0.198 e. The van der Waals surface area contributed by atoms with Gasteiger partial charge in [0.15, 0.2) is 5.69 Å². The largest absolute Gasteiger partial charge is 0.213 e. The van der Waals surface area contributed by atoms with Crippen molar-refractivity contribution in [2.75, 3.05) is 0 Å². The average Bonchev–Trinajstić information content (AvgIpc) is 2.36. The molecule has 0 radical (unpaired) electrons. The van der Waals surface area contributed by atoms with Gasteiger partial charge in [-0.3, -0.25) is 0 Å². The summed E-state index contributed by atoms with van der Waals surface area (Å²) in [7, 11) is 2.12. The van der Waals surface area contributed by atoms with Gasteiger partial charge in [0.05, 0.1) is 5.39 Å². The second-order valence-electron chi connectivity index (χ2n) is 4.35. The maximum atomic E-state index is 3.55. The third-order valence-electron chi connectivity index (χ3n) is 3.43. The molecule has 0 aliphatic rings. The molecule has 0 fully saturated rings. The van der Waals surface area contributed by atoms with Gasteiger partial charge in [-0.1, -0.05) is 34.1 Å². The number of benzene rings is 2. The van der Waals surface area contributed by atoms with E-state index < -0.39 is 0 Å². The summed E-state index contributed by atoms with van der Waals surface area (Å²) in [5.41, 5.74) is 2.57. The molecule has 0 saturated heterocycles. The Balaban J connectivity index is 2.66. The Morgan fingerprint density at radius 3 is 2.41 bits per heavy atom. The molecule has 0 N–H and O–H groups in total. The van der Waals surface area contributed by atoms with Crippen molar-refractivity contribution >= 4 is 37.6 Å². The highest BCUT2D eigenvalue weighted by atomic mass is 79.9. The van der Waals surface area contributed by atoms with Crippen molar-refractivity contribution < 1.29 is 4.57 Å². The van der Waals surface area contributed by atoms with E-state index in [-0.39, 0.29) is 0 Å². The minimum absolute atomic E-state index is 1.12. The fraction of sp³-hybridized carbons (Fsp3) is 0.133. The first-order valence-electron chi connectivity index (χ1n) is 5.65. The molecule has 0 unspecified atom stereocenters. The van der Waals surface area contributed by atoms with E-state index in [1.165, 1.54) is 27.4 Å². The predicted molar refractivity (Wildman–Crippen MR) is 75.1 cm³/mol. The summed E-state index contributed by atoms with van der Waals surface area (Å²) in [5, 5.41) is 3.93. The van der Waals surface area contributed by atoms with Gasteiger partial charge in [-0.25, -0.2) is 0 Å². The molecule has 0 spiro atoms. The lowest BCUT2D eigenvalue weighted by atomic mass is 10.0. The molecule has 17 heavy (non-hydrogen) atoms. The summed E-state index contributed by atoms with van der Waals surface area (Å²) in [6.07, 6.45) is 0. The second kappa shape index (κ2) is 3.81. The minimum Gasteiger partial charge on any atom is -0.198 e. The molecule has 84 valence electrons. The lowest BCUT2D eigenvalue weighted by Crippen LogP contribution is -2.33. The number of aryl methyl sites for hydroxylation is 2. The Kier molecular flexibility index (Phi) is 2.40. The SMILES string of the molecule is Cc1c2ccccc2c2cc(Br)ccc2[n+]1C. The fourth-order valence-corrected chi connectivity index (χ4v) is 2.77. The van der Waals surface area contributed by atoms with Crippen molar-refractivity contribution in [3.8, 4) is 0 Å². The molecular formula is C15H13BrN+. The zero-order chi connectivity index (χ0) is 12.0. The normalized spacial score (nSPS) is 11.2. The predicted octanol–water partition coefficient (Wildman–Crippen LogP) is 3.89. The van der Waals surface area contributed by atoms with Gasteiger partial charge in [0.2, 0.25) is 5.52 Å². The average molecular weight is 287 g/mol. The maximum absolute atomic E-state index is 3.55. The van der Waals surface area contributed by atoms with E-state index >= 15 is 0 Å². The van der Waals surface area contributed by atoms with Gasteiger partial charge in [-0.15, -0.1) is 0 Å². The van der Waals surface area contributed by atoms with Crippen LogP contribution in [0.1, 0.15) is 5.69 Å². The Morgan fingerprint density at radius 1 is 0.941 bits per heavy atom. The monoisotopic (exact) mass is 286 g/mol. The first-order valence-corrected chi connectivity index (χ1v) is 6.44. The lowest BCUT2D eigenvalue weighted by molar-refractivity contribution is -0.649. The molecule has 1 nitrogen and oxygen atoms in total. The third kappa shape index (κ3) is 1.55. The number of pyridine rings is 1. The van der Waals surface area contributed by atoms with Crippen LogP contribution in [0.3, 0.4) is 0 Å². The Morgan fingerprint density at radius 2 is 1.65 bits per heavy atom. The Hall–Kier alpha value is -1.41. The lowest BCUT2D eigenvalue weighted by Gasteiger charge is -2.06. The molecule has 0 aliphatic heterocycles. The zero-order valence-corrected chi connectivity index (χ0v) is 11.5. The second-order valence-corrected chi connectivity index (χ2v) is 5.27. The van der Waals surface area contributed by atoms with E-state index in [2.05, 4.69) is 76.9 Å². The number of hydrogen-bond acceptors (Lipinski definition) is 0. The highest BCUT2D eigenvalue weighted by Crippen LogP contribution is 2.26. The van der Waals surface area contributed by atoms with E-state index in [1.54, 1.807) is 0 Å². The van der Waals surface area contributed by atoms with E-state index in [0.29, 0.717) is 0 Å². The van der Waals surface area contributed by atoms with Crippen molar-refractivity contribution in [3.05, 3.63) is 52.6 Å². The van der Waals surface area contributed by atoms with Crippen molar-refractivity contribution in [1.82, 2.24) is 0 Å². The standard InChI is InChI=1S/C15H13BrN/c1-10-12-5-3-4-6-13(12)14-9-11(16)7-8-15(14)17(10)2/h3-9H,1-2H3/q+1. The van der Waals surface area contributed by atoms with Crippen LogP contribution in [0.25, 0.3) is 21.7 Å². The first kappa shape index (κ1) is 10.7. The van der Waals surface area contributed by atoms with Crippen LogP contribution in [0.4, 0.5) is 0 Å². The van der Waals surface area contributed by atoms with Gasteiger partial charge in [-0.05, 0) is 18.2 Å². The fourth-order valence-electron chi connectivity index (χ4n) is 2.41. The summed E-state index contributed by atoms with van der Waals surface area (Å²) in [5.74, 6) is 0. The molecular weight excluding hydrogens is 274 g/mol. The number of fused-ring (bicyclic) bond motifs is 3. The van der Waals surface area contributed by atoms with E-state index in [4.69, 9.17) is 0 Å². The van der Waals surface area contributed by atoms with Crippen molar-refractivity contribution in [1.29, 1.82) is 0 Å². The van der Waals surface area contributed by atoms with Crippen LogP contribution in [0.5, 0.6) is 0 Å². The Bertz CT molecular complexity index is 732. The highest BCUT2D eigenvalue weighted by molar-refractivity contribution is 9.10. The number of rotatable bonds is 0. The number of halogens is 1. The molecule has 0 bridgehead atoms. The third-order valence-corrected chi connectivity index (χ3v) is 3.92. The molecule has 3 aromatic rings. The zero-order valence-electron chi connectivity index (χ0n) is 9.87. The van der Waals surface area contributed by atoms with Crippen LogP contribution < -0.4 is 4.57 Å². The van der Waals surface area contributed by atoms with Crippen LogP contribution in [0.2, 0.25) is 0 Å². The van der Waals surface area contributed by atoms with Crippen LogP contribution >= 0.6 is 15.9 Å². The molecule has 3 rings (SSSR count). The molecule has 0 saturated carbocycles. The van der Waals surface area contributed by atoms with Crippen LogP contribution in [-0.4, -0.2) is 0 Å². The molecule has 0 aliphatic carbocycles. The van der Waals surface area contributed by atoms with Crippen LogP contribution in [0.15, 0.2) is 46.9 Å². The molecule has 0 amide bonds. The molecule has 2 aromatic carbocycles. The number of nitrogens with zero attached hydrogens (tertiary/aromatic N) is 1. The van der Waals surface area contributed by atoms with Crippen LogP contribution in [0, 0.1) is 6.92 Å². The number of hydrogen-bond donors (Lipinski definition) is 0. The van der Waals surface area contributed by atoms with Crippen molar-refractivity contribution in [2.45, 2.75) is 6.92 Å². The molecule has 1 aromatic heterocycles. The summed E-state index contributed by atoms with van der Waals surface area (Å²) < 4.78 is 3.38. The Labute approximate surface area is 109 Å². The van der Waals surface area contributed by atoms with Crippen LogP contribution in [-0.2, 0) is 7.05 Å². The molecule has 0 atom stereocenters. The van der Waals surface area contributed by atoms with E-state index in [1.807, 2.05) is 0 Å². The van der Waals surface area contributed by atoms with Gasteiger partial charge in [0.1, 0.15) is 7.05 Å². The van der Waals surface area contributed by atoms with Gasteiger partial charge >= 0.3 is 0 Å². The van der Waals surface area contributed by atoms with Crippen molar-refractivity contribution in [2.24, 2.45) is 7.05 Å². The maximum Gasteiger partial charge on any atom is 0.213 e.